The van der Waals surface area contributed by atoms with Gasteiger partial charge in [-0.05, 0) is 41.8 Å². The van der Waals surface area contributed by atoms with Gasteiger partial charge in [-0.3, -0.25) is 14.5 Å². The van der Waals surface area contributed by atoms with Crippen LogP contribution in [-0.4, -0.2) is 29.9 Å². The molecule has 1 heterocycles. The van der Waals surface area contributed by atoms with Crippen LogP contribution < -0.4 is 4.74 Å². The van der Waals surface area contributed by atoms with Gasteiger partial charge in [0.1, 0.15) is 5.75 Å². The van der Waals surface area contributed by atoms with E-state index in [4.69, 9.17) is 4.74 Å². The van der Waals surface area contributed by atoms with E-state index in [1.165, 1.54) is 15.7 Å². The van der Waals surface area contributed by atoms with E-state index in [9.17, 15) is 9.59 Å². The average Bonchev–Trinajstić information content (AvgIpc) is 3.12. The summed E-state index contributed by atoms with van der Waals surface area (Å²) in [6, 6.07) is 26.1. The van der Waals surface area contributed by atoms with Gasteiger partial charge in [0.05, 0.1) is 17.7 Å². The van der Waals surface area contributed by atoms with E-state index < -0.39 is 0 Å². The fourth-order valence-corrected chi connectivity index (χ4v) is 4.82. The minimum atomic E-state index is -0.154. The number of carbonyl (C=O) groups excluding carboxylic acids is 2. The lowest BCUT2D eigenvalue weighted by Gasteiger charge is -2.14. The van der Waals surface area contributed by atoms with E-state index in [0.29, 0.717) is 24.3 Å². The van der Waals surface area contributed by atoms with E-state index in [0.717, 1.165) is 55.0 Å². The van der Waals surface area contributed by atoms with Gasteiger partial charge < -0.3 is 4.74 Å². The molecule has 4 aromatic carbocycles. The van der Waals surface area contributed by atoms with E-state index in [-0.39, 0.29) is 11.8 Å². The van der Waals surface area contributed by atoms with Gasteiger partial charge in [-0.2, -0.15) is 0 Å². The molecule has 1 aliphatic rings. The first-order chi connectivity index (χ1) is 16.7. The maximum atomic E-state index is 12.4. The molecule has 0 unspecified atom stereocenters. The summed E-state index contributed by atoms with van der Waals surface area (Å²) < 4.78 is 6.30. The lowest BCUT2D eigenvalue weighted by molar-refractivity contribution is 0.0651. The van der Waals surface area contributed by atoms with E-state index >= 15 is 0 Å². The number of hydrogen-bond acceptors (Lipinski definition) is 3. The number of nitrogens with zero attached hydrogens (tertiary/aromatic N) is 1. The Kier molecular flexibility index (Phi) is 6.57. The van der Waals surface area contributed by atoms with Gasteiger partial charge in [-0.25, -0.2) is 0 Å². The third kappa shape index (κ3) is 4.41. The van der Waals surface area contributed by atoms with Gasteiger partial charge >= 0.3 is 0 Å². The number of carbonyl (C=O) groups is 2. The molecule has 5 rings (SSSR count). The molecule has 0 aromatic heterocycles. The Bertz CT molecular complexity index is 1250. The van der Waals surface area contributed by atoms with Gasteiger partial charge in [0.2, 0.25) is 0 Å². The largest absolute Gasteiger partial charge is 0.492 e. The summed E-state index contributed by atoms with van der Waals surface area (Å²) in [7, 11) is 0. The lowest BCUT2D eigenvalue weighted by Crippen LogP contribution is -2.30. The first-order valence-electron chi connectivity index (χ1n) is 12.2. The Hall–Kier alpha value is -3.66. The number of hydrogen-bond donors (Lipinski definition) is 0. The van der Waals surface area contributed by atoms with Crippen LogP contribution in [0.2, 0.25) is 0 Å². The van der Waals surface area contributed by atoms with E-state index in [2.05, 4.69) is 54.6 Å². The summed E-state index contributed by atoms with van der Waals surface area (Å²) in [6.07, 6.45) is 6.21. The molecule has 0 atom stereocenters. The minimum Gasteiger partial charge on any atom is -0.492 e. The summed E-state index contributed by atoms with van der Waals surface area (Å²) in [5.41, 5.74) is 1.07. The zero-order valence-electron chi connectivity index (χ0n) is 19.3. The fraction of sp³-hybridized carbons (Fsp3) is 0.267. The number of rotatable bonds is 10. The smallest absolute Gasteiger partial charge is 0.261 e. The molecule has 0 bridgehead atoms. The lowest BCUT2D eigenvalue weighted by atomic mass is 10.0. The molecule has 1 aliphatic heterocycles. The highest BCUT2D eigenvalue weighted by Gasteiger charge is 2.34. The summed E-state index contributed by atoms with van der Waals surface area (Å²) >= 11 is 0. The maximum absolute atomic E-state index is 12.4. The molecule has 0 aliphatic carbocycles. The highest BCUT2D eigenvalue weighted by atomic mass is 16.5. The van der Waals surface area contributed by atoms with Crippen molar-refractivity contribution >= 4 is 33.4 Å². The number of imide groups is 1. The Morgan fingerprint density at radius 2 is 1.09 bits per heavy atom. The minimum absolute atomic E-state index is 0.154. The van der Waals surface area contributed by atoms with Crippen LogP contribution in [0, 0.1) is 0 Å². The molecule has 2 amide bonds. The fourth-order valence-electron chi connectivity index (χ4n) is 4.82. The zero-order valence-corrected chi connectivity index (χ0v) is 19.3. The molecule has 0 N–H and O–H groups in total. The van der Waals surface area contributed by atoms with Crippen LogP contribution in [0.15, 0.2) is 78.9 Å². The number of benzene rings is 4. The third-order valence-electron chi connectivity index (χ3n) is 6.62. The summed E-state index contributed by atoms with van der Waals surface area (Å²) in [4.78, 5) is 26.2. The molecule has 0 saturated carbocycles. The maximum Gasteiger partial charge on any atom is 0.261 e. The van der Waals surface area contributed by atoms with Crippen LogP contribution in [0.1, 0.15) is 59.2 Å². The van der Waals surface area contributed by atoms with Crippen LogP contribution >= 0.6 is 0 Å². The monoisotopic (exact) mass is 451 g/mol. The predicted molar refractivity (Wildman–Crippen MR) is 136 cm³/mol. The first-order valence-corrected chi connectivity index (χ1v) is 12.2. The number of fused-ring (bicyclic) bond motifs is 3. The first kappa shape index (κ1) is 22.1. The topological polar surface area (TPSA) is 46.6 Å². The van der Waals surface area contributed by atoms with Gasteiger partial charge in [0.25, 0.3) is 11.8 Å². The summed E-state index contributed by atoms with van der Waals surface area (Å²) in [5, 5.41) is 4.73. The second-order valence-corrected chi connectivity index (χ2v) is 8.93. The standard InChI is InChI=1S/C30H29NO3/c32-29-26-17-9-10-18-27(26)30(33)31(29)19-11-3-1-2-4-12-20-34-28-24-15-7-5-13-22(24)21-23-14-6-8-16-25(23)28/h5-10,13-18,21H,1-4,11-12,19-20H2. The molecule has 0 fully saturated rings. The van der Waals surface area contributed by atoms with Crippen LogP contribution in [0.4, 0.5) is 0 Å². The highest BCUT2D eigenvalue weighted by molar-refractivity contribution is 6.21. The van der Waals surface area contributed by atoms with Gasteiger partial charge in [-0.1, -0.05) is 86.3 Å². The van der Waals surface area contributed by atoms with Crippen molar-refractivity contribution in [3.63, 3.8) is 0 Å². The number of amides is 2. The summed E-state index contributed by atoms with van der Waals surface area (Å²) in [6.45, 7) is 1.21. The van der Waals surface area contributed by atoms with Crippen LogP contribution in [0.5, 0.6) is 5.75 Å². The molecule has 172 valence electrons. The SMILES string of the molecule is O=C1c2ccccc2C(=O)N1CCCCCCCCOc1c2ccccc2cc2ccccc12. The second kappa shape index (κ2) is 10.1. The Balaban J connectivity index is 1.05. The quantitative estimate of drug-likeness (QED) is 0.148. The van der Waals surface area contributed by atoms with Crippen molar-refractivity contribution in [1.29, 1.82) is 0 Å². The predicted octanol–water partition coefficient (Wildman–Crippen LogP) is 7.01. The molecular formula is C30H29NO3. The molecule has 0 spiro atoms. The molecule has 0 radical (unpaired) electrons. The number of unbranched alkanes of at least 4 members (excludes halogenated alkanes) is 5. The molecule has 34 heavy (non-hydrogen) atoms. The van der Waals surface area contributed by atoms with Gasteiger partial charge in [0, 0.05) is 17.3 Å². The van der Waals surface area contributed by atoms with Crippen molar-refractivity contribution in [3.8, 4) is 5.75 Å². The van der Waals surface area contributed by atoms with Crippen molar-refractivity contribution in [2.45, 2.75) is 38.5 Å². The van der Waals surface area contributed by atoms with Crippen LogP contribution in [0.25, 0.3) is 21.5 Å². The molecule has 4 nitrogen and oxygen atoms in total. The Morgan fingerprint density at radius 3 is 1.71 bits per heavy atom. The van der Waals surface area contributed by atoms with E-state index in [1.807, 2.05) is 0 Å². The van der Waals surface area contributed by atoms with Crippen molar-refractivity contribution in [3.05, 3.63) is 90.0 Å². The van der Waals surface area contributed by atoms with Crippen molar-refractivity contribution in [2.24, 2.45) is 0 Å². The third-order valence-corrected chi connectivity index (χ3v) is 6.62. The zero-order chi connectivity index (χ0) is 23.3. The Morgan fingerprint density at radius 1 is 0.588 bits per heavy atom. The van der Waals surface area contributed by atoms with Crippen molar-refractivity contribution in [2.75, 3.05) is 13.2 Å². The van der Waals surface area contributed by atoms with Gasteiger partial charge in [-0.15, -0.1) is 0 Å². The molecule has 4 heteroatoms. The average molecular weight is 452 g/mol. The molecule has 0 saturated heterocycles. The normalized spacial score (nSPS) is 13.1. The highest BCUT2D eigenvalue weighted by Crippen LogP contribution is 2.35. The van der Waals surface area contributed by atoms with Crippen molar-refractivity contribution in [1.82, 2.24) is 4.90 Å². The van der Waals surface area contributed by atoms with Gasteiger partial charge in [0.15, 0.2) is 0 Å². The molecular weight excluding hydrogens is 422 g/mol. The Labute approximate surface area is 200 Å². The summed E-state index contributed by atoms with van der Waals surface area (Å²) in [5.74, 6) is 0.673. The van der Waals surface area contributed by atoms with Crippen LogP contribution in [0.3, 0.4) is 0 Å². The van der Waals surface area contributed by atoms with E-state index in [1.54, 1.807) is 24.3 Å². The van der Waals surface area contributed by atoms with Crippen molar-refractivity contribution < 1.29 is 14.3 Å². The molecule has 4 aromatic rings. The van der Waals surface area contributed by atoms with Crippen LogP contribution in [-0.2, 0) is 0 Å². The second-order valence-electron chi connectivity index (χ2n) is 8.93. The number of ether oxygens (including phenoxy) is 1.